The Bertz CT molecular complexity index is 602. The van der Waals surface area contributed by atoms with Gasteiger partial charge >= 0.3 is 0 Å². The van der Waals surface area contributed by atoms with E-state index in [1.165, 1.54) is 0 Å². The van der Waals surface area contributed by atoms with E-state index in [2.05, 4.69) is 31.7 Å². The highest BCUT2D eigenvalue weighted by Gasteiger charge is 2.09. The third kappa shape index (κ3) is 3.98. The van der Waals surface area contributed by atoms with Gasteiger partial charge in [-0.25, -0.2) is 0 Å². The molecule has 6 nitrogen and oxygen atoms in total. The van der Waals surface area contributed by atoms with Gasteiger partial charge in [-0.2, -0.15) is 15.0 Å². The van der Waals surface area contributed by atoms with Crippen LogP contribution < -0.4 is 15.5 Å². The molecule has 0 saturated carbocycles. The first kappa shape index (κ1) is 15.4. The van der Waals surface area contributed by atoms with Crippen molar-refractivity contribution in [2.24, 2.45) is 0 Å². The molecule has 0 fully saturated rings. The summed E-state index contributed by atoms with van der Waals surface area (Å²) in [5, 5.41) is 6.39. The van der Waals surface area contributed by atoms with E-state index >= 15 is 0 Å². The van der Waals surface area contributed by atoms with Crippen LogP contribution in [0.3, 0.4) is 0 Å². The zero-order chi connectivity index (χ0) is 15.2. The SMILES string of the molecule is CCNc1nc(Nc2ccccc2SC)nc(N(C)C)n1. The van der Waals surface area contributed by atoms with Crippen LogP contribution in [0.5, 0.6) is 0 Å². The summed E-state index contributed by atoms with van der Waals surface area (Å²) in [7, 11) is 3.81. The van der Waals surface area contributed by atoms with Crippen LogP contribution in [0.15, 0.2) is 29.2 Å². The fourth-order valence-electron chi connectivity index (χ4n) is 1.73. The Labute approximate surface area is 129 Å². The van der Waals surface area contributed by atoms with E-state index in [-0.39, 0.29) is 0 Å². The highest BCUT2D eigenvalue weighted by atomic mass is 32.2. The zero-order valence-corrected chi connectivity index (χ0v) is 13.5. The lowest BCUT2D eigenvalue weighted by molar-refractivity contribution is 0.952. The number of hydrogen-bond acceptors (Lipinski definition) is 7. The average Bonchev–Trinajstić information content (AvgIpc) is 2.48. The van der Waals surface area contributed by atoms with E-state index in [4.69, 9.17) is 0 Å². The number of thioether (sulfide) groups is 1. The number of nitrogens with zero attached hydrogens (tertiary/aromatic N) is 4. The second-order valence-electron chi connectivity index (χ2n) is 4.53. The van der Waals surface area contributed by atoms with Crippen LogP contribution in [-0.4, -0.2) is 41.8 Å². The molecule has 2 rings (SSSR count). The van der Waals surface area contributed by atoms with Crippen molar-refractivity contribution in [3.05, 3.63) is 24.3 Å². The minimum atomic E-state index is 0.533. The molecule has 1 aromatic heterocycles. The summed E-state index contributed by atoms with van der Waals surface area (Å²) in [5.41, 5.74) is 0.989. The molecule has 0 aliphatic carbocycles. The number of aromatic nitrogens is 3. The van der Waals surface area contributed by atoms with E-state index in [9.17, 15) is 0 Å². The summed E-state index contributed by atoms with van der Waals surface area (Å²) < 4.78 is 0. The predicted molar refractivity (Wildman–Crippen MR) is 89.8 cm³/mol. The van der Waals surface area contributed by atoms with E-state index in [0.717, 1.165) is 17.1 Å². The fraction of sp³-hybridized carbons (Fsp3) is 0.357. The molecule has 0 atom stereocenters. The number of nitrogens with one attached hydrogen (secondary N) is 2. The Balaban J connectivity index is 2.34. The fourth-order valence-corrected chi connectivity index (χ4v) is 2.28. The molecule has 7 heteroatoms. The third-order valence-electron chi connectivity index (χ3n) is 2.71. The number of hydrogen-bond donors (Lipinski definition) is 2. The summed E-state index contributed by atoms with van der Waals surface area (Å²) in [6, 6.07) is 8.07. The van der Waals surface area contributed by atoms with Gasteiger partial charge in [-0.05, 0) is 25.3 Å². The standard InChI is InChI=1S/C14H20N6S/c1-5-15-12-17-13(19-14(18-12)20(2)3)16-10-8-6-7-9-11(10)21-4/h6-9H,5H2,1-4H3,(H2,15,16,17,18,19). The van der Waals surface area contributed by atoms with Crippen molar-refractivity contribution in [3.63, 3.8) is 0 Å². The second kappa shape index (κ2) is 7.12. The van der Waals surface area contributed by atoms with Gasteiger partial charge in [0.25, 0.3) is 0 Å². The van der Waals surface area contributed by atoms with Crippen LogP contribution in [0.4, 0.5) is 23.5 Å². The summed E-state index contributed by atoms with van der Waals surface area (Å²) in [5.74, 6) is 1.72. The lowest BCUT2D eigenvalue weighted by Gasteiger charge is -2.14. The Hall–Kier alpha value is -2.02. The molecule has 1 aromatic carbocycles. The van der Waals surface area contributed by atoms with Crippen molar-refractivity contribution >= 4 is 35.3 Å². The molecule has 1 heterocycles. The maximum Gasteiger partial charge on any atom is 0.233 e. The van der Waals surface area contributed by atoms with E-state index in [1.807, 2.05) is 50.4 Å². The Morgan fingerprint density at radius 2 is 1.81 bits per heavy atom. The molecule has 2 aromatic rings. The first-order chi connectivity index (χ1) is 10.1. The third-order valence-corrected chi connectivity index (χ3v) is 3.51. The van der Waals surface area contributed by atoms with Crippen molar-refractivity contribution < 1.29 is 0 Å². The first-order valence-electron chi connectivity index (χ1n) is 6.71. The minimum absolute atomic E-state index is 0.533. The molecule has 0 amide bonds. The lowest BCUT2D eigenvalue weighted by atomic mass is 10.3. The van der Waals surface area contributed by atoms with Crippen molar-refractivity contribution in [3.8, 4) is 0 Å². The Kier molecular flexibility index (Phi) is 5.21. The molecule has 0 radical (unpaired) electrons. The smallest absolute Gasteiger partial charge is 0.233 e. The summed E-state index contributed by atoms with van der Waals surface area (Å²) in [6.07, 6.45) is 2.04. The van der Waals surface area contributed by atoms with Crippen LogP contribution >= 0.6 is 11.8 Å². The van der Waals surface area contributed by atoms with Crippen molar-refractivity contribution in [1.29, 1.82) is 0 Å². The number of para-hydroxylation sites is 1. The van der Waals surface area contributed by atoms with Crippen LogP contribution in [0.2, 0.25) is 0 Å². The lowest BCUT2D eigenvalue weighted by Crippen LogP contribution is -2.16. The van der Waals surface area contributed by atoms with Gasteiger partial charge in [0.1, 0.15) is 0 Å². The molecule has 2 N–H and O–H groups in total. The van der Waals surface area contributed by atoms with E-state index < -0.39 is 0 Å². The number of rotatable bonds is 6. The molecule has 0 aliphatic heterocycles. The summed E-state index contributed by atoms with van der Waals surface area (Å²) in [6.45, 7) is 2.77. The molecule has 0 saturated heterocycles. The van der Waals surface area contributed by atoms with Gasteiger partial charge in [-0.3, -0.25) is 0 Å². The van der Waals surface area contributed by atoms with Gasteiger partial charge in [0.15, 0.2) is 0 Å². The van der Waals surface area contributed by atoms with Gasteiger partial charge in [-0.1, -0.05) is 12.1 Å². The van der Waals surface area contributed by atoms with Crippen LogP contribution in [-0.2, 0) is 0 Å². The highest BCUT2D eigenvalue weighted by molar-refractivity contribution is 7.98. The minimum Gasteiger partial charge on any atom is -0.354 e. The molecule has 0 unspecified atom stereocenters. The largest absolute Gasteiger partial charge is 0.354 e. The normalized spacial score (nSPS) is 10.3. The van der Waals surface area contributed by atoms with Gasteiger partial charge in [0.05, 0.1) is 5.69 Å². The molecule has 0 aliphatic rings. The van der Waals surface area contributed by atoms with Gasteiger partial charge < -0.3 is 15.5 Å². The van der Waals surface area contributed by atoms with Crippen LogP contribution in [0.1, 0.15) is 6.92 Å². The molecule has 0 spiro atoms. The van der Waals surface area contributed by atoms with Crippen molar-refractivity contribution in [2.75, 3.05) is 42.4 Å². The van der Waals surface area contributed by atoms with Crippen LogP contribution in [0, 0.1) is 0 Å². The Morgan fingerprint density at radius 1 is 1.10 bits per heavy atom. The van der Waals surface area contributed by atoms with E-state index in [0.29, 0.717) is 17.8 Å². The molecule has 112 valence electrons. The van der Waals surface area contributed by atoms with Crippen LogP contribution in [0.25, 0.3) is 0 Å². The average molecular weight is 304 g/mol. The molecular formula is C14H20N6S. The monoisotopic (exact) mass is 304 g/mol. The van der Waals surface area contributed by atoms with Crippen molar-refractivity contribution in [2.45, 2.75) is 11.8 Å². The van der Waals surface area contributed by atoms with E-state index in [1.54, 1.807) is 11.8 Å². The number of anilines is 4. The molecule has 0 bridgehead atoms. The summed E-state index contributed by atoms with van der Waals surface area (Å²) >= 11 is 1.68. The number of benzene rings is 1. The second-order valence-corrected chi connectivity index (χ2v) is 5.38. The summed E-state index contributed by atoms with van der Waals surface area (Å²) in [4.78, 5) is 16.2. The first-order valence-corrected chi connectivity index (χ1v) is 7.93. The van der Waals surface area contributed by atoms with Gasteiger partial charge in [0, 0.05) is 25.5 Å². The maximum atomic E-state index is 4.43. The predicted octanol–water partition coefficient (Wildman–Crippen LogP) is 2.83. The molecular weight excluding hydrogens is 284 g/mol. The Morgan fingerprint density at radius 3 is 2.48 bits per heavy atom. The maximum absolute atomic E-state index is 4.43. The quantitative estimate of drug-likeness (QED) is 0.795. The van der Waals surface area contributed by atoms with Crippen molar-refractivity contribution in [1.82, 2.24) is 15.0 Å². The topological polar surface area (TPSA) is 66.0 Å². The van der Waals surface area contributed by atoms with Gasteiger partial charge in [0.2, 0.25) is 17.8 Å². The molecule has 21 heavy (non-hydrogen) atoms. The highest BCUT2D eigenvalue weighted by Crippen LogP contribution is 2.27. The zero-order valence-electron chi connectivity index (χ0n) is 12.7. The van der Waals surface area contributed by atoms with Gasteiger partial charge in [-0.15, -0.1) is 11.8 Å².